The molecule has 0 spiro atoms. The molecule has 1 aliphatic rings. The third-order valence-corrected chi connectivity index (χ3v) is 4.67. The van der Waals surface area contributed by atoms with Gasteiger partial charge in [0, 0.05) is 0 Å². The summed E-state index contributed by atoms with van der Waals surface area (Å²) >= 11 is 0.421. The van der Waals surface area contributed by atoms with Crippen LogP contribution in [0.15, 0.2) is 29.3 Å². The van der Waals surface area contributed by atoms with Crippen LogP contribution >= 0.6 is 11.8 Å². The molecule has 1 saturated heterocycles. The lowest BCUT2D eigenvalue weighted by atomic mass is 10.0. The minimum Gasteiger partial charge on any atom is -0.304 e. The Labute approximate surface area is 125 Å². The fourth-order valence-electron chi connectivity index (χ4n) is 2.03. The van der Waals surface area contributed by atoms with Gasteiger partial charge in [0.25, 0.3) is 5.91 Å². The minimum absolute atomic E-state index is 0.00979. The Balaban J connectivity index is 2.25. The molecule has 114 valence electrons. The highest BCUT2D eigenvalue weighted by atomic mass is 32.2. The van der Waals surface area contributed by atoms with Crippen molar-refractivity contribution in [3.8, 4) is 0 Å². The monoisotopic (exact) mass is 316 g/mol. The Morgan fingerprint density at radius 2 is 1.95 bits per heavy atom. The van der Waals surface area contributed by atoms with E-state index in [0.717, 1.165) is 18.1 Å². The van der Waals surface area contributed by atoms with Crippen LogP contribution < -0.4 is 5.32 Å². The van der Waals surface area contributed by atoms with Gasteiger partial charge in [-0.2, -0.15) is 13.2 Å². The van der Waals surface area contributed by atoms with Gasteiger partial charge >= 0.3 is 6.18 Å². The summed E-state index contributed by atoms with van der Waals surface area (Å²) in [5.41, 5.74) is 1.92. The molecule has 1 aromatic rings. The molecule has 1 unspecified atom stereocenters. The molecule has 1 aliphatic heterocycles. The Kier molecular flexibility index (Phi) is 4.06. The van der Waals surface area contributed by atoms with Gasteiger partial charge in [0.1, 0.15) is 0 Å². The summed E-state index contributed by atoms with van der Waals surface area (Å²) in [5.74, 6) is -1.07. The number of aryl methyl sites for hydroxylation is 1. The molecular weight excluding hydrogens is 301 g/mol. The van der Waals surface area contributed by atoms with Crippen molar-refractivity contribution in [3.63, 3.8) is 0 Å². The van der Waals surface area contributed by atoms with Crippen molar-refractivity contribution in [2.75, 3.05) is 0 Å². The number of alkyl halides is 3. The number of aliphatic imine (C=N–C) groups is 1. The van der Waals surface area contributed by atoms with Gasteiger partial charge in [0.2, 0.25) is 0 Å². The first-order chi connectivity index (χ1) is 9.65. The summed E-state index contributed by atoms with van der Waals surface area (Å²) in [4.78, 5) is 15.8. The molecule has 0 radical (unpaired) electrons. The summed E-state index contributed by atoms with van der Waals surface area (Å²) < 4.78 is 36.4. The Bertz CT molecular complexity index is 600. The van der Waals surface area contributed by atoms with Gasteiger partial charge in [-0.25, -0.2) is 0 Å². The lowest BCUT2D eigenvalue weighted by Gasteiger charge is -2.21. The SMILES string of the molecule is Cc1ccccc1C(C)N=C1NC(=O)[C@@](C)(C(F)(F)F)S1. The molecule has 0 saturated carbocycles. The lowest BCUT2D eigenvalue weighted by Crippen LogP contribution is -2.46. The Morgan fingerprint density at radius 1 is 1.33 bits per heavy atom. The van der Waals surface area contributed by atoms with Crippen molar-refractivity contribution in [2.24, 2.45) is 4.99 Å². The number of rotatable bonds is 2. The van der Waals surface area contributed by atoms with E-state index in [1.807, 2.05) is 31.2 Å². The molecule has 0 bridgehead atoms. The second-order valence-corrected chi connectivity index (χ2v) is 6.46. The van der Waals surface area contributed by atoms with Gasteiger partial charge in [-0.15, -0.1) is 0 Å². The molecule has 0 aromatic heterocycles. The number of amidine groups is 1. The first-order valence-electron chi connectivity index (χ1n) is 6.35. The van der Waals surface area contributed by atoms with Gasteiger partial charge in [-0.1, -0.05) is 36.0 Å². The molecule has 7 heteroatoms. The fourth-order valence-corrected chi connectivity index (χ4v) is 3.03. The average molecular weight is 316 g/mol. The normalized spacial score (nSPS) is 26.0. The number of nitrogens with zero attached hydrogens (tertiary/aromatic N) is 1. The van der Waals surface area contributed by atoms with Gasteiger partial charge in [-0.05, 0) is 31.9 Å². The summed E-state index contributed by atoms with van der Waals surface area (Å²) in [6, 6.07) is 7.18. The molecule has 2 atom stereocenters. The zero-order valence-corrected chi connectivity index (χ0v) is 12.6. The predicted molar refractivity (Wildman–Crippen MR) is 77.2 cm³/mol. The molecule has 1 fully saturated rings. The van der Waals surface area contributed by atoms with E-state index in [4.69, 9.17) is 0 Å². The zero-order chi connectivity index (χ0) is 15.8. The quantitative estimate of drug-likeness (QED) is 0.906. The number of halogens is 3. The van der Waals surface area contributed by atoms with Crippen LogP contribution in [0.2, 0.25) is 0 Å². The van der Waals surface area contributed by atoms with Crippen LogP contribution in [-0.2, 0) is 4.79 Å². The van der Waals surface area contributed by atoms with Crippen molar-refractivity contribution in [3.05, 3.63) is 35.4 Å². The largest absolute Gasteiger partial charge is 0.412 e. The summed E-state index contributed by atoms with van der Waals surface area (Å²) in [6.07, 6.45) is -4.62. The maximum absolute atomic E-state index is 13.0. The van der Waals surface area contributed by atoms with E-state index in [0.29, 0.717) is 11.8 Å². The van der Waals surface area contributed by atoms with Crippen molar-refractivity contribution in [1.82, 2.24) is 5.32 Å². The molecular formula is C14H15F3N2OS. The number of hydrogen-bond acceptors (Lipinski definition) is 3. The number of nitrogens with one attached hydrogen (secondary N) is 1. The van der Waals surface area contributed by atoms with Crippen molar-refractivity contribution in [2.45, 2.75) is 37.7 Å². The highest BCUT2D eigenvalue weighted by molar-refractivity contribution is 8.16. The summed E-state index contributed by atoms with van der Waals surface area (Å²) in [5, 5.41) is 2.23. The van der Waals surface area contributed by atoms with Crippen LogP contribution in [0, 0.1) is 6.92 Å². The first kappa shape index (κ1) is 15.9. The maximum Gasteiger partial charge on any atom is 0.412 e. The predicted octanol–water partition coefficient (Wildman–Crippen LogP) is 3.60. The molecule has 21 heavy (non-hydrogen) atoms. The van der Waals surface area contributed by atoms with Crippen LogP contribution in [0.5, 0.6) is 0 Å². The van der Waals surface area contributed by atoms with Crippen LogP contribution in [0.25, 0.3) is 0 Å². The van der Waals surface area contributed by atoms with Gasteiger partial charge in [-0.3, -0.25) is 9.79 Å². The molecule has 0 aliphatic carbocycles. The van der Waals surface area contributed by atoms with E-state index in [1.54, 1.807) is 6.92 Å². The third kappa shape index (κ3) is 2.92. The number of benzene rings is 1. The number of carbonyl (C=O) groups is 1. The zero-order valence-electron chi connectivity index (χ0n) is 11.8. The van der Waals surface area contributed by atoms with Gasteiger partial charge in [0.05, 0.1) is 6.04 Å². The molecule has 1 heterocycles. The van der Waals surface area contributed by atoms with E-state index in [9.17, 15) is 18.0 Å². The first-order valence-corrected chi connectivity index (χ1v) is 7.17. The molecule has 1 amide bonds. The third-order valence-electron chi connectivity index (χ3n) is 3.44. The summed E-state index contributed by atoms with van der Waals surface area (Å²) in [6.45, 7) is 4.56. The van der Waals surface area contributed by atoms with Crippen LogP contribution in [-0.4, -0.2) is 22.0 Å². The smallest absolute Gasteiger partial charge is 0.304 e. The maximum atomic E-state index is 13.0. The van der Waals surface area contributed by atoms with E-state index in [-0.39, 0.29) is 11.2 Å². The highest BCUT2D eigenvalue weighted by Crippen LogP contribution is 2.45. The van der Waals surface area contributed by atoms with Crippen molar-refractivity contribution >= 4 is 22.8 Å². The minimum atomic E-state index is -4.62. The van der Waals surface area contributed by atoms with Crippen LogP contribution in [0.4, 0.5) is 13.2 Å². The summed E-state index contributed by atoms with van der Waals surface area (Å²) in [7, 11) is 0. The number of hydrogen-bond donors (Lipinski definition) is 1. The molecule has 1 N–H and O–H groups in total. The van der Waals surface area contributed by atoms with Crippen molar-refractivity contribution in [1.29, 1.82) is 0 Å². The molecule has 3 nitrogen and oxygen atoms in total. The van der Waals surface area contributed by atoms with Crippen LogP contribution in [0.3, 0.4) is 0 Å². The molecule has 1 aromatic carbocycles. The van der Waals surface area contributed by atoms with Gasteiger partial charge in [0.15, 0.2) is 9.91 Å². The van der Waals surface area contributed by atoms with Gasteiger partial charge < -0.3 is 5.32 Å². The number of thioether (sulfide) groups is 1. The van der Waals surface area contributed by atoms with E-state index in [2.05, 4.69) is 10.3 Å². The lowest BCUT2D eigenvalue weighted by molar-refractivity contribution is -0.166. The standard InChI is InChI=1S/C14H15F3N2OS/c1-8-6-4-5-7-10(8)9(2)18-12-19-11(20)13(3,21-12)14(15,16)17/h4-7,9H,1-3H3,(H,18,19,20)/t9?,13-/m0/s1. The van der Waals surface area contributed by atoms with Crippen molar-refractivity contribution < 1.29 is 18.0 Å². The Morgan fingerprint density at radius 3 is 2.48 bits per heavy atom. The number of amides is 1. The van der Waals surface area contributed by atoms with E-state index in [1.165, 1.54) is 0 Å². The van der Waals surface area contributed by atoms with E-state index >= 15 is 0 Å². The average Bonchev–Trinajstić information content (AvgIpc) is 2.65. The van der Waals surface area contributed by atoms with Crippen LogP contribution in [0.1, 0.15) is 31.0 Å². The topological polar surface area (TPSA) is 41.5 Å². The second-order valence-electron chi connectivity index (χ2n) is 5.05. The fraction of sp³-hybridized carbons (Fsp3) is 0.429. The second kappa shape index (κ2) is 5.36. The Hall–Kier alpha value is -1.50. The molecule has 2 rings (SSSR count). The highest BCUT2D eigenvalue weighted by Gasteiger charge is 2.61. The van der Waals surface area contributed by atoms with E-state index < -0.39 is 16.8 Å². The number of carbonyl (C=O) groups excluding carboxylic acids is 1.